The highest BCUT2D eigenvalue weighted by molar-refractivity contribution is 9.09. The number of alkyl halides is 1. The van der Waals surface area contributed by atoms with Crippen LogP contribution in [0.15, 0.2) is 18.2 Å². The maximum atomic E-state index is 11.0. The van der Waals surface area contributed by atoms with Crippen molar-refractivity contribution in [3.8, 4) is 0 Å². The molecular weight excluding hydrogens is 230 g/mol. The molecule has 0 bridgehead atoms. The van der Waals surface area contributed by atoms with Gasteiger partial charge in [0.15, 0.2) is 0 Å². The lowest BCUT2D eigenvalue weighted by Crippen LogP contribution is -2.12. The van der Waals surface area contributed by atoms with Crippen molar-refractivity contribution in [1.82, 2.24) is 0 Å². The van der Waals surface area contributed by atoms with Crippen LogP contribution in [0.4, 0.5) is 5.69 Å². The third kappa shape index (κ3) is 2.84. The van der Waals surface area contributed by atoms with Gasteiger partial charge in [-0.25, -0.2) is 0 Å². The number of anilines is 1. The second kappa shape index (κ2) is 4.42. The van der Waals surface area contributed by atoms with Crippen molar-refractivity contribution in [2.45, 2.75) is 13.8 Å². The first-order valence-electron chi connectivity index (χ1n) is 4.06. The van der Waals surface area contributed by atoms with Crippen LogP contribution in [0.1, 0.15) is 11.1 Å². The fraction of sp³-hybridized carbons (Fsp3) is 0.300. The molecule has 3 heteroatoms. The van der Waals surface area contributed by atoms with E-state index in [9.17, 15) is 4.79 Å². The maximum absolute atomic E-state index is 11.0. The molecular formula is C10H12BrNO. The predicted octanol–water partition coefficient (Wildman–Crippen LogP) is 2.64. The molecule has 1 aromatic rings. The smallest absolute Gasteiger partial charge is 0.235 e. The van der Waals surface area contributed by atoms with Gasteiger partial charge in [0, 0.05) is 5.69 Å². The third-order valence-corrected chi connectivity index (χ3v) is 2.42. The van der Waals surface area contributed by atoms with Crippen LogP contribution in [-0.4, -0.2) is 11.2 Å². The van der Waals surface area contributed by atoms with E-state index in [1.54, 1.807) is 0 Å². The summed E-state index contributed by atoms with van der Waals surface area (Å²) in [6, 6.07) is 5.87. The van der Waals surface area contributed by atoms with E-state index in [0.29, 0.717) is 5.33 Å². The zero-order chi connectivity index (χ0) is 9.84. The molecule has 0 aliphatic rings. The Kier molecular flexibility index (Phi) is 3.48. The summed E-state index contributed by atoms with van der Waals surface area (Å²) in [5, 5.41) is 3.11. The van der Waals surface area contributed by atoms with Gasteiger partial charge in [0.2, 0.25) is 5.91 Å². The molecule has 0 aliphatic carbocycles. The Labute approximate surface area is 86.5 Å². The molecule has 0 atom stereocenters. The molecule has 13 heavy (non-hydrogen) atoms. The Bertz CT molecular complexity index is 323. The summed E-state index contributed by atoms with van der Waals surface area (Å²) in [6.07, 6.45) is 0. The minimum absolute atomic E-state index is 0.0248. The monoisotopic (exact) mass is 241 g/mol. The average Bonchev–Trinajstić information content (AvgIpc) is 2.11. The summed E-state index contributed by atoms with van der Waals surface area (Å²) in [6.45, 7) is 4.07. The number of carbonyl (C=O) groups excluding carboxylic acids is 1. The largest absolute Gasteiger partial charge is 0.325 e. The molecule has 1 rings (SSSR count). The van der Waals surface area contributed by atoms with E-state index in [0.717, 1.165) is 5.69 Å². The summed E-state index contributed by atoms with van der Waals surface area (Å²) in [5.41, 5.74) is 3.27. The van der Waals surface area contributed by atoms with Crippen LogP contribution < -0.4 is 5.32 Å². The Hall–Kier alpha value is -0.830. The van der Waals surface area contributed by atoms with E-state index in [-0.39, 0.29) is 5.91 Å². The summed E-state index contributed by atoms with van der Waals surface area (Å²) < 4.78 is 0. The maximum Gasteiger partial charge on any atom is 0.235 e. The number of carbonyl (C=O) groups is 1. The Morgan fingerprint density at radius 3 is 2.62 bits per heavy atom. The Morgan fingerprint density at radius 1 is 1.38 bits per heavy atom. The number of hydrogen-bond donors (Lipinski definition) is 1. The number of halogens is 1. The van der Waals surface area contributed by atoms with Crippen molar-refractivity contribution in [3.05, 3.63) is 29.3 Å². The Balaban J connectivity index is 2.79. The number of hydrogen-bond acceptors (Lipinski definition) is 1. The zero-order valence-corrected chi connectivity index (χ0v) is 9.31. The molecule has 1 amide bonds. The van der Waals surface area contributed by atoms with E-state index in [2.05, 4.69) is 21.2 Å². The van der Waals surface area contributed by atoms with Crippen molar-refractivity contribution in [3.63, 3.8) is 0 Å². The second-order valence-corrected chi connectivity index (χ2v) is 3.54. The number of nitrogens with one attached hydrogen (secondary N) is 1. The SMILES string of the molecule is Cc1ccc(NC(=O)CBr)cc1C. The van der Waals surface area contributed by atoms with Gasteiger partial charge in [-0.3, -0.25) is 4.79 Å². The van der Waals surface area contributed by atoms with Crippen molar-refractivity contribution < 1.29 is 4.79 Å². The quantitative estimate of drug-likeness (QED) is 0.793. The molecule has 0 heterocycles. The number of amides is 1. The minimum atomic E-state index is -0.0248. The first kappa shape index (κ1) is 10.3. The van der Waals surface area contributed by atoms with Gasteiger partial charge in [-0.05, 0) is 37.1 Å². The lowest BCUT2D eigenvalue weighted by molar-refractivity contribution is -0.113. The number of aryl methyl sites for hydroxylation is 2. The molecule has 0 saturated carbocycles. The van der Waals surface area contributed by atoms with E-state index < -0.39 is 0 Å². The van der Waals surface area contributed by atoms with Gasteiger partial charge >= 0.3 is 0 Å². The highest BCUT2D eigenvalue weighted by Crippen LogP contribution is 2.13. The highest BCUT2D eigenvalue weighted by atomic mass is 79.9. The molecule has 2 nitrogen and oxygen atoms in total. The van der Waals surface area contributed by atoms with Gasteiger partial charge in [0.25, 0.3) is 0 Å². The van der Waals surface area contributed by atoms with Crippen LogP contribution in [0.5, 0.6) is 0 Å². The molecule has 0 saturated heterocycles. The summed E-state index contributed by atoms with van der Waals surface area (Å²) >= 11 is 3.09. The van der Waals surface area contributed by atoms with Gasteiger partial charge in [-0.15, -0.1) is 0 Å². The minimum Gasteiger partial charge on any atom is -0.325 e. The van der Waals surface area contributed by atoms with Crippen molar-refractivity contribution in [1.29, 1.82) is 0 Å². The highest BCUT2D eigenvalue weighted by Gasteiger charge is 2.00. The van der Waals surface area contributed by atoms with Crippen LogP contribution in [0.2, 0.25) is 0 Å². The summed E-state index contributed by atoms with van der Waals surface area (Å²) in [4.78, 5) is 11.0. The number of rotatable bonds is 2. The first-order valence-corrected chi connectivity index (χ1v) is 5.18. The van der Waals surface area contributed by atoms with E-state index in [1.807, 2.05) is 32.0 Å². The van der Waals surface area contributed by atoms with Crippen LogP contribution in [0, 0.1) is 13.8 Å². The molecule has 0 aromatic heterocycles. The lowest BCUT2D eigenvalue weighted by Gasteiger charge is -2.05. The fourth-order valence-corrected chi connectivity index (χ4v) is 1.15. The molecule has 0 unspecified atom stereocenters. The van der Waals surface area contributed by atoms with Gasteiger partial charge in [-0.2, -0.15) is 0 Å². The molecule has 0 aliphatic heterocycles. The first-order chi connectivity index (χ1) is 6.13. The van der Waals surface area contributed by atoms with Crippen LogP contribution >= 0.6 is 15.9 Å². The standard InChI is InChI=1S/C10H12BrNO/c1-7-3-4-9(5-8(7)2)12-10(13)6-11/h3-5H,6H2,1-2H3,(H,12,13). The second-order valence-electron chi connectivity index (χ2n) is 2.98. The fourth-order valence-electron chi connectivity index (χ4n) is 1.01. The molecule has 1 aromatic carbocycles. The lowest BCUT2D eigenvalue weighted by atomic mass is 10.1. The molecule has 0 radical (unpaired) electrons. The van der Waals surface area contributed by atoms with E-state index in [1.165, 1.54) is 11.1 Å². The molecule has 70 valence electrons. The normalized spacial score (nSPS) is 9.77. The van der Waals surface area contributed by atoms with Crippen molar-refractivity contribution in [2.75, 3.05) is 10.6 Å². The summed E-state index contributed by atoms with van der Waals surface area (Å²) in [7, 11) is 0. The molecule has 0 fully saturated rings. The number of benzene rings is 1. The van der Waals surface area contributed by atoms with Crippen molar-refractivity contribution >= 4 is 27.5 Å². The summed E-state index contributed by atoms with van der Waals surface area (Å²) in [5.74, 6) is -0.0248. The predicted molar refractivity (Wildman–Crippen MR) is 58.3 cm³/mol. The molecule has 1 N–H and O–H groups in total. The average molecular weight is 242 g/mol. The Morgan fingerprint density at radius 2 is 2.08 bits per heavy atom. The van der Waals surface area contributed by atoms with Gasteiger partial charge in [-0.1, -0.05) is 22.0 Å². The topological polar surface area (TPSA) is 29.1 Å². The van der Waals surface area contributed by atoms with E-state index >= 15 is 0 Å². The third-order valence-electron chi connectivity index (χ3n) is 1.91. The molecule has 0 spiro atoms. The van der Waals surface area contributed by atoms with Gasteiger partial charge in [0.1, 0.15) is 0 Å². The van der Waals surface area contributed by atoms with E-state index in [4.69, 9.17) is 0 Å². The zero-order valence-electron chi connectivity index (χ0n) is 7.73. The van der Waals surface area contributed by atoms with Crippen LogP contribution in [-0.2, 0) is 4.79 Å². The van der Waals surface area contributed by atoms with Crippen LogP contribution in [0.3, 0.4) is 0 Å². The van der Waals surface area contributed by atoms with Gasteiger partial charge in [0.05, 0.1) is 5.33 Å². The van der Waals surface area contributed by atoms with Crippen LogP contribution in [0.25, 0.3) is 0 Å². The van der Waals surface area contributed by atoms with Gasteiger partial charge < -0.3 is 5.32 Å². The van der Waals surface area contributed by atoms with Crippen molar-refractivity contribution in [2.24, 2.45) is 0 Å².